The molecule has 0 amide bonds. The quantitative estimate of drug-likeness (QED) is 0.770. The van der Waals surface area contributed by atoms with Crippen molar-refractivity contribution in [1.82, 2.24) is 9.97 Å². The van der Waals surface area contributed by atoms with E-state index in [1.807, 2.05) is 13.0 Å². The van der Waals surface area contributed by atoms with E-state index in [9.17, 15) is 5.11 Å². The lowest BCUT2D eigenvalue weighted by molar-refractivity contribution is 0.127. The number of aliphatic hydroxyl groups is 1. The van der Waals surface area contributed by atoms with E-state index in [1.165, 1.54) is 0 Å². The van der Waals surface area contributed by atoms with Crippen LogP contribution in [0.15, 0.2) is 6.07 Å². The van der Waals surface area contributed by atoms with Crippen LogP contribution < -0.4 is 5.32 Å². The molecule has 0 saturated heterocycles. The largest absolute Gasteiger partial charge is 0.396 e. The van der Waals surface area contributed by atoms with E-state index in [0.29, 0.717) is 12.4 Å². The lowest BCUT2D eigenvalue weighted by Crippen LogP contribution is -2.32. The maximum absolute atomic E-state index is 9.46. The fourth-order valence-electron chi connectivity index (χ4n) is 1.68. The summed E-state index contributed by atoms with van der Waals surface area (Å²) in [6, 6.07) is 1.85. The molecular weight excluding hydrogens is 238 g/mol. The summed E-state index contributed by atoms with van der Waals surface area (Å²) in [5.41, 5.74) is 0.737. The van der Waals surface area contributed by atoms with Crippen molar-refractivity contribution in [3.63, 3.8) is 0 Å². The molecule has 0 atom stereocenters. The Labute approximate surface area is 107 Å². The molecule has 1 aromatic rings. The Kier molecular flexibility index (Phi) is 5.15. The molecule has 0 radical (unpaired) electrons. The van der Waals surface area contributed by atoms with Crippen LogP contribution in [-0.2, 0) is 0 Å². The van der Waals surface area contributed by atoms with Crippen LogP contribution >= 0.6 is 11.6 Å². The van der Waals surface area contributed by atoms with Gasteiger partial charge in [0.15, 0.2) is 0 Å². The Bertz CT molecular complexity index is 338. The maximum Gasteiger partial charge on any atom is 0.224 e. The van der Waals surface area contributed by atoms with Crippen molar-refractivity contribution in [1.29, 1.82) is 0 Å². The zero-order valence-electron chi connectivity index (χ0n) is 10.6. The van der Waals surface area contributed by atoms with Gasteiger partial charge in [-0.05, 0) is 31.4 Å². The number of aryl methyl sites for hydroxylation is 1. The minimum atomic E-state index is -0.0919. The van der Waals surface area contributed by atoms with Crippen molar-refractivity contribution < 1.29 is 5.11 Å². The van der Waals surface area contributed by atoms with Gasteiger partial charge in [-0.15, -0.1) is 0 Å². The van der Waals surface area contributed by atoms with E-state index in [2.05, 4.69) is 29.1 Å². The van der Waals surface area contributed by atoms with Crippen LogP contribution in [-0.4, -0.2) is 28.2 Å². The lowest BCUT2D eigenvalue weighted by atomic mass is 9.83. The Morgan fingerprint density at radius 3 is 2.47 bits per heavy atom. The second-order valence-corrected chi connectivity index (χ2v) is 4.72. The third-order valence-corrected chi connectivity index (χ3v) is 3.48. The zero-order valence-corrected chi connectivity index (χ0v) is 11.4. The van der Waals surface area contributed by atoms with Gasteiger partial charge in [-0.25, -0.2) is 9.97 Å². The number of hydrogen-bond acceptors (Lipinski definition) is 4. The van der Waals surface area contributed by atoms with Gasteiger partial charge in [0.25, 0.3) is 0 Å². The molecule has 0 unspecified atom stereocenters. The third kappa shape index (κ3) is 3.82. The normalized spacial score (nSPS) is 11.6. The van der Waals surface area contributed by atoms with E-state index < -0.39 is 0 Å². The molecule has 2 N–H and O–H groups in total. The summed E-state index contributed by atoms with van der Waals surface area (Å²) < 4.78 is 0. The smallest absolute Gasteiger partial charge is 0.224 e. The van der Waals surface area contributed by atoms with Gasteiger partial charge < -0.3 is 10.4 Å². The first-order valence-corrected chi connectivity index (χ1v) is 6.29. The summed E-state index contributed by atoms with van der Waals surface area (Å²) in [5, 5.41) is 12.9. The second kappa shape index (κ2) is 6.17. The molecule has 0 fully saturated rings. The fourth-order valence-corrected chi connectivity index (χ4v) is 1.90. The van der Waals surface area contributed by atoms with Crippen molar-refractivity contribution in [2.24, 2.45) is 5.41 Å². The van der Waals surface area contributed by atoms with Crippen LogP contribution in [0.5, 0.6) is 0 Å². The molecule has 96 valence electrons. The Balaban J connectivity index is 2.71. The number of rotatable bonds is 6. The van der Waals surface area contributed by atoms with E-state index in [1.54, 1.807) is 0 Å². The standard InChI is InChI=1S/C12H20ClN3O/c1-4-12(5-2,8-17)7-14-10-6-9(3)15-11(13)16-10/h6,17H,4-5,7-8H2,1-3H3,(H,14,15,16). The monoisotopic (exact) mass is 257 g/mol. The number of nitrogens with zero attached hydrogens (tertiary/aromatic N) is 2. The first kappa shape index (κ1) is 14.2. The Morgan fingerprint density at radius 2 is 2.00 bits per heavy atom. The Hall–Kier alpha value is -0.870. The first-order valence-electron chi connectivity index (χ1n) is 5.91. The molecule has 0 aliphatic rings. The molecule has 1 aromatic heterocycles. The zero-order chi connectivity index (χ0) is 12.9. The highest BCUT2D eigenvalue weighted by atomic mass is 35.5. The van der Waals surface area contributed by atoms with E-state index in [0.717, 1.165) is 18.5 Å². The molecule has 0 bridgehead atoms. The van der Waals surface area contributed by atoms with Gasteiger partial charge in [0.05, 0.1) is 6.61 Å². The van der Waals surface area contributed by atoms with Crippen molar-refractivity contribution >= 4 is 17.4 Å². The third-order valence-electron chi connectivity index (χ3n) is 3.31. The van der Waals surface area contributed by atoms with E-state index in [4.69, 9.17) is 11.6 Å². The molecule has 0 aliphatic heterocycles. The number of halogens is 1. The first-order chi connectivity index (χ1) is 8.05. The van der Waals surface area contributed by atoms with Crippen molar-refractivity contribution in [3.8, 4) is 0 Å². The van der Waals surface area contributed by atoms with E-state index >= 15 is 0 Å². The maximum atomic E-state index is 9.46. The summed E-state index contributed by atoms with van der Waals surface area (Å²) in [5.74, 6) is 0.710. The van der Waals surface area contributed by atoms with Gasteiger partial charge in [-0.3, -0.25) is 0 Å². The van der Waals surface area contributed by atoms with Crippen LogP contribution in [0.4, 0.5) is 5.82 Å². The molecule has 1 rings (SSSR count). The number of aromatic nitrogens is 2. The SMILES string of the molecule is CCC(CC)(CO)CNc1cc(C)nc(Cl)n1. The molecule has 1 heterocycles. The molecule has 0 aliphatic carbocycles. The van der Waals surface area contributed by atoms with Gasteiger partial charge in [-0.1, -0.05) is 13.8 Å². The molecule has 0 aromatic carbocycles. The predicted molar refractivity (Wildman–Crippen MR) is 70.4 cm³/mol. The summed E-state index contributed by atoms with van der Waals surface area (Å²) in [6.07, 6.45) is 1.84. The lowest BCUT2D eigenvalue weighted by Gasteiger charge is -2.29. The van der Waals surface area contributed by atoms with Crippen molar-refractivity contribution in [3.05, 3.63) is 17.0 Å². The average molecular weight is 258 g/mol. The summed E-state index contributed by atoms with van der Waals surface area (Å²) in [7, 11) is 0. The predicted octanol–water partition coefficient (Wildman–Crippen LogP) is 2.65. The minimum absolute atomic E-state index is 0.0919. The van der Waals surface area contributed by atoms with Crippen LogP contribution in [0.25, 0.3) is 0 Å². The fraction of sp³-hybridized carbons (Fsp3) is 0.667. The molecule has 4 nitrogen and oxygen atoms in total. The average Bonchev–Trinajstić information content (AvgIpc) is 2.30. The Morgan fingerprint density at radius 1 is 1.35 bits per heavy atom. The number of anilines is 1. The molecule has 0 saturated carbocycles. The van der Waals surface area contributed by atoms with Gasteiger partial charge >= 0.3 is 0 Å². The van der Waals surface area contributed by atoms with Gasteiger partial charge in [0.1, 0.15) is 5.82 Å². The summed E-state index contributed by atoms with van der Waals surface area (Å²) >= 11 is 5.79. The number of nitrogens with one attached hydrogen (secondary N) is 1. The van der Waals surface area contributed by atoms with E-state index in [-0.39, 0.29) is 17.3 Å². The summed E-state index contributed by atoms with van der Waals surface area (Å²) in [6.45, 7) is 6.89. The molecular formula is C12H20ClN3O. The second-order valence-electron chi connectivity index (χ2n) is 4.38. The minimum Gasteiger partial charge on any atom is -0.396 e. The van der Waals surface area contributed by atoms with Gasteiger partial charge in [0, 0.05) is 23.7 Å². The van der Waals surface area contributed by atoms with Crippen LogP contribution in [0.2, 0.25) is 5.28 Å². The van der Waals surface area contributed by atoms with Crippen LogP contribution in [0.3, 0.4) is 0 Å². The molecule has 17 heavy (non-hydrogen) atoms. The van der Waals surface area contributed by atoms with Gasteiger partial charge in [0.2, 0.25) is 5.28 Å². The molecule has 0 spiro atoms. The van der Waals surface area contributed by atoms with Crippen LogP contribution in [0, 0.1) is 12.3 Å². The van der Waals surface area contributed by atoms with Crippen LogP contribution in [0.1, 0.15) is 32.4 Å². The highest BCUT2D eigenvalue weighted by Crippen LogP contribution is 2.26. The number of aliphatic hydroxyl groups excluding tert-OH is 1. The van der Waals surface area contributed by atoms with Gasteiger partial charge in [-0.2, -0.15) is 0 Å². The highest BCUT2D eigenvalue weighted by Gasteiger charge is 2.25. The summed E-state index contributed by atoms with van der Waals surface area (Å²) in [4.78, 5) is 8.11. The topological polar surface area (TPSA) is 58.0 Å². The van der Waals surface area contributed by atoms with Crippen molar-refractivity contribution in [2.75, 3.05) is 18.5 Å². The molecule has 5 heteroatoms. The number of hydrogen-bond donors (Lipinski definition) is 2. The highest BCUT2D eigenvalue weighted by molar-refractivity contribution is 6.28. The van der Waals surface area contributed by atoms with Crippen molar-refractivity contribution in [2.45, 2.75) is 33.6 Å².